The van der Waals surface area contributed by atoms with Crippen LogP contribution in [0.15, 0.2) is 12.4 Å². The summed E-state index contributed by atoms with van der Waals surface area (Å²) in [6.45, 7) is 8.82. The van der Waals surface area contributed by atoms with E-state index in [-0.39, 0.29) is 17.2 Å². The predicted octanol–water partition coefficient (Wildman–Crippen LogP) is 2.39. The molecule has 4 rings (SSSR count). The Kier molecular flexibility index (Phi) is 4.12. The van der Waals surface area contributed by atoms with E-state index >= 15 is 0 Å². The van der Waals surface area contributed by atoms with Gasteiger partial charge in [0.25, 0.3) is 5.91 Å². The lowest BCUT2D eigenvalue weighted by atomic mass is 9.62. The molecule has 1 unspecified atom stereocenters. The Morgan fingerprint density at radius 2 is 2.15 bits per heavy atom. The van der Waals surface area contributed by atoms with Gasteiger partial charge in [-0.05, 0) is 37.2 Å². The van der Waals surface area contributed by atoms with E-state index in [9.17, 15) is 4.79 Å². The molecule has 0 N–H and O–H groups in total. The van der Waals surface area contributed by atoms with E-state index in [1.54, 1.807) is 4.68 Å². The van der Waals surface area contributed by atoms with Gasteiger partial charge >= 0.3 is 0 Å². The zero-order valence-corrected chi connectivity index (χ0v) is 16.1. The van der Waals surface area contributed by atoms with Crippen molar-refractivity contribution in [3.05, 3.63) is 29.6 Å². The van der Waals surface area contributed by atoms with Crippen molar-refractivity contribution in [2.24, 2.45) is 18.4 Å². The molecule has 7 nitrogen and oxygen atoms in total. The quantitative estimate of drug-likeness (QED) is 0.843. The largest absolute Gasteiger partial charge is 0.336 e. The SMILES string of the molecule is Cc1cc(C(=O)N2CC(c3nncn3CC(C)C)C3(CCC3)C2)nn1C. The second kappa shape index (κ2) is 6.21. The minimum Gasteiger partial charge on any atom is -0.336 e. The number of carbonyl (C=O) groups is 1. The van der Waals surface area contributed by atoms with Gasteiger partial charge in [0.1, 0.15) is 12.2 Å². The number of rotatable bonds is 4. The maximum Gasteiger partial charge on any atom is 0.274 e. The minimum atomic E-state index is 0.0393. The fourth-order valence-corrected chi connectivity index (χ4v) is 4.51. The molecule has 0 aromatic carbocycles. The smallest absolute Gasteiger partial charge is 0.274 e. The van der Waals surface area contributed by atoms with E-state index in [1.165, 1.54) is 6.42 Å². The molecule has 140 valence electrons. The van der Waals surface area contributed by atoms with Crippen LogP contribution in [-0.4, -0.2) is 48.4 Å². The van der Waals surface area contributed by atoms with Crippen molar-refractivity contribution in [3.63, 3.8) is 0 Å². The predicted molar refractivity (Wildman–Crippen MR) is 97.7 cm³/mol. The molecular weight excluding hydrogens is 328 g/mol. The van der Waals surface area contributed by atoms with Gasteiger partial charge in [-0.25, -0.2) is 0 Å². The highest BCUT2D eigenvalue weighted by atomic mass is 16.2. The summed E-state index contributed by atoms with van der Waals surface area (Å²) in [5, 5.41) is 13.0. The molecule has 0 radical (unpaired) electrons. The number of aryl methyl sites for hydroxylation is 2. The van der Waals surface area contributed by atoms with E-state index in [1.807, 2.05) is 31.3 Å². The van der Waals surface area contributed by atoms with Crippen molar-refractivity contribution in [2.45, 2.75) is 52.5 Å². The number of aromatic nitrogens is 5. The van der Waals surface area contributed by atoms with Crippen LogP contribution in [0.1, 0.15) is 61.0 Å². The zero-order valence-electron chi connectivity index (χ0n) is 16.1. The summed E-state index contributed by atoms with van der Waals surface area (Å²) >= 11 is 0. The minimum absolute atomic E-state index is 0.0393. The third-order valence-electron chi connectivity index (χ3n) is 6.14. The van der Waals surface area contributed by atoms with Gasteiger partial charge in [-0.3, -0.25) is 9.48 Å². The number of hydrogen-bond acceptors (Lipinski definition) is 4. The zero-order chi connectivity index (χ0) is 18.5. The molecule has 1 aliphatic carbocycles. The van der Waals surface area contributed by atoms with Crippen LogP contribution in [0.2, 0.25) is 0 Å². The Balaban J connectivity index is 1.61. The molecule has 1 saturated heterocycles. The third-order valence-corrected chi connectivity index (χ3v) is 6.14. The van der Waals surface area contributed by atoms with Crippen LogP contribution in [0, 0.1) is 18.3 Å². The lowest BCUT2D eigenvalue weighted by Gasteiger charge is -2.42. The van der Waals surface area contributed by atoms with E-state index < -0.39 is 0 Å². The molecule has 7 heteroatoms. The van der Waals surface area contributed by atoms with Crippen molar-refractivity contribution in [1.29, 1.82) is 0 Å². The lowest BCUT2D eigenvalue weighted by molar-refractivity contribution is 0.0717. The van der Waals surface area contributed by atoms with Gasteiger partial charge in [-0.2, -0.15) is 5.10 Å². The monoisotopic (exact) mass is 356 g/mol. The fraction of sp³-hybridized carbons (Fsp3) is 0.684. The summed E-state index contributed by atoms with van der Waals surface area (Å²) < 4.78 is 3.95. The summed E-state index contributed by atoms with van der Waals surface area (Å²) in [6.07, 6.45) is 5.41. The summed E-state index contributed by atoms with van der Waals surface area (Å²) in [5.41, 5.74) is 1.71. The Hall–Kier alpha value is -2.18. The van der Waals surface area contributed by atoms with E-state index in [0.717, 1.165) is 37.4 Å². The van der Waals surface area contributed by atoms with Gasteiger partial charge in [0.2, 0.25) is 0 Å². The van der Waals surface area contributed by atoms with Crippen LogP contribution in [0.25, 0.3) is 0 Å². The molecule has 1 atom stereocenters. The molecule has 2 fully saturated rings. The summed E-state index contributed by atoms with van der Waals surface area (Å²) in [4.78, 5) is 15.0. The molecule has 1 amide bonds. The molecule has 2 aromatic rings. The second-order valence-electron chi connectivity index (χ2n) is 8.48. The van der Waals surface area contributed by atoms with Crippen LogP contribution in [-0.2, 0) is 13.6 Å². The van der Waals surface area contributed by atoms with Crippen LogP contribution in [0.3, 0.4) is 0 Å². The first-order chi connectivity index (χ1) is 12.4. The Morgan fingerprint density at radius 1 is 1.38 bits per heavy atom. The van der Waals surface area contributed by atoms with Gasteiger partial charge in [0.05, 0.1) is 0 Å². The number of amides is 1. The van der Waals surface area contributed by atoms with Gasteiger partial charge in [0.15, 0.2) is 5.69 Å². The standard InChI is InChI=1S/C19H28N6O/c1-13(2)9-25-12-20-21-17(25)15-10-24(11-19(15)6-5-7-19)18(26)16-8-14(3)23(4)22-16/h8,12-13,15H,5-7,9-11H2,1-4H3. The van der Waals surface area contributed by atoms with Crippen LogP contribution in [0.5, 0.6) is 0 Å². The first kappa shape index (κ1) is 17.2. The van der Waals surface area contributed by atoms with Crippen molar-refractivity contribution in [2.75, 3.05) is 13.1 Å². The normalized spacial score (nSPS) is 21.6. The second-order valence-corrected chi connectivity index (χ2v) is 8.48. The third kappa shape index (κ3) is 2.73. The highest BCUT2D eigenvalue weighted by Gasteiger charge is 2.53. The highest BCUT2D eigenvalue weighted by molar-refractivity contribution is 5.92. The molecule has 1 aliphatic heterocycles. The average molecular weight is 356 g/mol. The van der Waals surface area contributed by atoms with Gasteiger partial charge in [-0.15, -0.1) is 10.2 Å². The number of carbonyl (C=O) groups excluding carboxylic acids is 1. The topological polar surface area (TPSA) is 68.8 Å². The number of nitrogens with zero attached hydrogens (tertiary/aromatic N) is 6. The van der Waals surface area contributed by atoms with Crippen molar-refractivity contribution < 1.29 is 4.79 Å². The molecular formula is C19H28N6O. The van der Waals surface area contributed by atoms with Gasteiger partial charge in [-0.1, -0.05) is 20.3 Å². The molecule has 26 heavy (non-hydrogen) atoms. The number of likely N-dealkylation sites (tertiary alicyclic amines) is 1. The fourth-order valence-electron chi connectivity index (χ4n) is 4.51. The van der Waals surface area contributed by atoms with Gasteiger partial charge in [0, 0.05) is 38.3 Å². The molecule has 1 spiro atoms. The van der Waals surface area contributed by atoms with Crippen LogP contribution >= 0.6 is 0 Å². The van der Waals surface area contributed by atoms with E-state index in [0.29, 0.717) is 18.2 Å². The average Bonchev–Trinajstić information content (AvgIpc) is 3.23. The van der Waals surface area contributed by atoms with Crippen molar-refractivity contribution >= 4 is 5.91 Å². The van der Waals surface area contributed by atoms with Crippen molar-refractivity contribution in [1.82, 2.24) is 29.4 Å². The van der Waals surface area contributed by atoms with E-state index in [2.05, 4.69) is 33.7 Å². The van der Waals surface area contributed by atoms with Crippen LogP contribution < -0.4 is 0 Å². The first-order valence-corrected chi connectivity index (χ1v) is 9.57. The molecule has 3 heterocycles. The summed E-state index contributed by atoms with van der Waals surface area (Å²) in [7, 11) is 1.88. The number of hydrogen-bond donors (Lipinski definition) is 0. The maximum absolute atomic E-state index is 13.0. The highest BCUT2D eigenvalue weighted by Crippen LogP contribution is 2.55. The first-order valence-electron chi connectivity index (χ1n) is 9.57. The van der Waals surface area contributed by atoms with Crippen LogP contribution in [0.4, 0.5) is 0 Å². The van der Waals surface area contributed by atoms with Crippen molar-refractivity contribution in [3.8, 4) is 0 Å². The van der Waals surface area contributed by atoms with Gasteiger partial charge < -0.3 is 9.47 Å². The summed E-state index contributed by atoms with van der Waals surface area (Å²) in [5.74, 6) is 1.90. The Bertz CT molecular complexity index is 796. The molecule has 2 aromatic heterocycles. The molecule has 2 aliphatic rings. The Morgan fingerprint density at radius 3 is 2.73 bits per heavy atom. The lowest BCUT2D eigenvalue weighted by Crippen LogP contribution is -2.38. The van der Waals surface area contributed by atoms with E-state index in [4.69, 9.17) is 0 Å². The maximum atomic E-state index is 13.0. The molecule has 0 bridgehead atoms. The Labute approximate surface area is 154 Å². The molecule has 1 saturated carbocycles. The summed E-state index contributed by atoms with van der Waals surface area (Å²) in [6, 6.07) is 1.88.